The number of aliphatic carboxylic acids is 1. The van der Waals surface area contributed by atoms with E-state index in [1.807, 2.05) is 0 Å². The zero-order valence-electron chi connectivity index (χ0n) is 11.8. The van der Waals surface area contributed by atoms with Crippen molar-refractivity contribution in [2.45, 2.75) is 43.5 Å². The molecule has 5 atom stereocenters. The van der Waals surface area contributed by atoms with Crippen LogP contribution in [0.15, 0.2) is 0 Å². The maximum Gasteiger partial charge on any atom is 0.303 e. The summed E-state index contributed by atoms with van der Waals surface area (Å²) in [7, 11) is 0. The number of ether oxygens (including phenoxy) is 2. The van der Waals surface area contributed by atoms with Gasteiger partial charge in [-0.2, -0.15) is 0 Å². The molecule has 6 N–H and O–H groups in total. The first-order valence-corrected chi connectivity index (χ1v) is 6.77. The van der Waals surface area contributed by atoms with Crippen LogP contribution in [0.25, 0.3) is 0 Å². The van der Waals surface area contributed by atoms with E-state index in [2.05, 4.69) is 5.32 Å². The molecule has 0 saturated carbocycles. The lowest BCUT2D eigenvalue weighted by atomic mass is 9.99. The maximum atomic E-state index is 11.2. The van der Waals surface area contributed by atoms with Gasteiger partial charge in [0.2, 0.25) is 5.91 Å². The highest BCUT2D eigenvalue weighted by atomic mass is 16.7. The number of carboxylic acid groups (broad SMARTS) is 1. The van der Waals surface area contributed by atoms with Crippen molar-refractivity contribution in [1.29, 1.82) is 0 Å². The van der Waals surface area contributed by atoms with Crippen LogP contribution in [0.3, 0.4) is 0 Å². The number of carbonyl (C=O) groups excluding carboxylic acids is 1. The fourth-order valence-electron chi connectivity index (χ4n) is 1.88. The Balaban J connectivity index is 2.29. The minimum atomic E-state index is -1.53. The summed E-state index contributed by atoms with van der Waals surface area (Å²) in [6.07, 6.45) is -7.24. The quantitative estimate of drug-likeness (QED) is 0.252. The van der Waals surface area contributed by atoms with Crippen molar-refractivity contribution in [3.8, 4) is 0 Å². The topological polar surface area (TPSA) is 166 Å². The number of hydrogen-bond acceptors (Lipinski definition) is 8. The third-order valence-corrected chi connectivity index (χ3v) is 3.12. The molecule has 22 heavy (non-hydrogen) atoms. The third-order valence-electron chi connectivity index (χ3n) is 3.12. The van der Waals surface area contributed by atoms with Crippen molar-refractivity contribution < 1.29 is 44.6 Å². The van der Waals surface area contributed by atoms with E-state index in [4.69, 9.17) is 19.7 Å². The van der Waals surface area contributed by atoms with Crippen LogP contribution >= 0.6 is 0 Å². The van der Waals surface area contributed by atoms with E-state index >= 15 is 0 Å². The molecule has 0 spiro atoms. The Morgan fingerprint density at radius 2 is 1.77 bits per heavy atom. The van der Waals surface area contributed by atoms with E-state index in [0.29, 0.717) is 0 Å². The lowest BCUT2D eigenvalue weighted by Crippen LogP contribution is -2.59. The van der Waals surface area contributed by atoms with Gasteiger partial charge in [-0.25, -0.2) is 0 Å². The summed E-state index contributed by atoms with van der Waals surface area (Å²) in [5.74, 6) is -1.53. The van der Waals surface area contributed by atoms with Crippen LogP contribution in [0.1, 0.15) is 12.8 Å². The normalized spacial score (nSPS) is 31.7. The first-order valence-electron chi connectivity index (χ1n) is 6.77. The fourth-order valence-corrected chi connectivity index (χ4v) is 1.88. The highest BCUT2D eigenvalue weighted by Crippen LogP contribution is 2.21. The molecule has 1 rings (SSSR count). The lowest BCUT2D eigenvalue weighted by molar-refractivity contribution is -0.300. The molecular weight excluding hydrogens is 302 g/mol. The zero-order valence-corrected chi connectivity index (χ0v) is 11.8. The van der Waals surface area contributed by atoms with Crippen LogP contribution in [0.5, 0.6) is 0 Å². The molecule has 0 bridgehead atoms. The summed E-state index contributed by atoms with van der Waals surface area (Å²) >= 11 is 0. The molecule has 0 aromatic rings. The average molecular weight is 323 g/mol. The van der Waals surface area contributed by atoms with Crippen LogP contribution in [0, 0.1) is 0 Å². The smallest absolute Gasteiger partial charge is 0.303 e. The van der Waals surface area contributed by atoms with Crippen molar-refractivity contribution in [2.75, 3.05) is 19.8 Å². The molecule has 1 heterocycles. The van der Waals surface area contributed by atoms with Crippen LogP contribution in [-0.4, -0.2) is 87.9 Å². The Labute approximate surface area is 126 Å². The van der Waals surface area contributed by atoms with Crippen LogP contribution in [0.2, 0.25) is 0 Å². The second kappa shape index (κ2) is 8.98. The van der Waals surface area contributed by atoms with Gasteiger partial charge in [-0.05, 0) is 0 Å². The third kappa shape index (κ3) is 5.48. The number of rotatable bonds is 8. The van der Waals surface area contributed by atoms with Gasteiger partial charge in [0.15, 0.2) is 6.29 Å². The first kappa shape index (κ1) is 18.7. The van der Waals surface area contributed by atoms with Crippen molar-refractivity contribution in [3.05, 3.63) is 0 Å². The van der Waals surface area contributed by atoms with Gasteiger partial charge in [-0.1, -0.05) is 0 Å². The minimum absolute atomic E-state index is 0.0491. The van der Waals surface area contributed by atoms with Crippen LogP contribution in [0.4, 0.5) is 0 Å². The van der Waals surface area contributed by atoms with Gasteiger partial charge < -0.3 is 40.3 Å². The summed E-state index contributed by atoms with van der Waals surface area (Å²) < 4.78 is 10.2. The predicted molar refractivity (Wildman–Crippen MR) is 69.6 cm³/mol. The number of aliphatic hydroxyl groups is 4. The predicted octanol–water partition coefficient (Wildman–Crippen LogP) is -3.22. The largest absolute Gasteiger partial charge is 0.481 e. The van der Waals surface area contributed by atoms with Crippen molar-refractivity contribution >= 4 is 11.9 Å². The number of carbonyl (C=O) groups is 2. The van der Waals surface area contributed by atoms with Gasteiger partial charge in [0.05, 0.1) is 19.6 Å². The average Bonchev–Trinajstić information content (AvgIpc) is 2.49. The van der Waals surface area contributed by atoms with Crippen molar-refractivity contribution in [1.82, 2.24) is 5.32 Å². The molecule has 1 saturated heterocycles. The zero-order chi connectivity index (χ0) is 16.7. The summed E-state index contributed by atoms with van der Waals surface area (Å²) in [6.45, 7) is -0.578. The molecule has 10 heteroatoms. The fraction of sp³-hybridized carbons (Fsp3) is 0.833. The number of amides is 1. The van der Waals surface area contributed by atoms with E-state index in [1.54, 1.807) is 0 Å². The van der Waals surface area contributed by atoms with E-state index < -0.39 is 49.2 Å². The highest BCUT2D eigenvalue weighted by Gasteiger charge is 2.43. The molecule has 10 nitrogen and oxygen atoms in total. The van der Waals surface area contributed by atoms with Crippen molar-refractivity contribution in [3.63, 3.8) is 0 Å². The van der Waals surface area contributed by atoms with Gasteiger partial charge in [0.25, 0.3) is 0 Å². The Kier molecular flexibility index (Phi) is 7.65. The van der Waals surface area contributed by atoms with E-state index in [9.17, 15) is 24.9 Å². The van der Waals surface area contributed by atoms with E-state index in [1.165, 1.54) is 0 Å². The van der Waals surface area contributed by atoms with E-state index in [0.717, 1.165) is 0 Å². The molecule has 0 unspecified atom stereocenters. The SMILES string of the molecule is O=C(O)CCC(=O)NCCO[C@H]1O[C@H](CO)[C@@H](O)[C@H](O)[C@@H]1O. The highest BCUT2D eigenvalue weighted by molar-refractivity contribution is 5.80. The molecule has 0 aliphatic carbocycles. The van der Waals surface area contributed by atoms with Crippen molar-refractivity contribution in [2.24, 2.45) is 0 Å². The molecule has 0 radical (unpaired) electrons. The number of nitrogens with one attached hydrogen (secondary N) is 1. The molecule has 1 amide bonds. The maximum absolute atomic E-state index is 11.2. The Bertz CT molecular complexity index is 376. The summed E-state index contributed by atoms with van der Waals surface area (Å²) in [5, 5.41) is 48.6. The second-order valence-electron chi connectivity index (χ2n) is 4.81. The first-order chi connectivity index (χ1) is 10.4. The molecule has 1 aliphatic heterocycles. The van der Waals surface area contributed by atoms with Gasteiger partial charge in [-0.3, -0.25) is 9.59 Å². The second-order valence-corrected chi connectivity index (χ2v) is 4.81. The molecule has 128 valence electrons. The van der Waals surface area contributed by atoms with Gasteiger partial charge in [0, 0.05) is 13.0 Å². The Morgan fingerprint density at radius 3 is 2.36 bits per heavy atom. The van der Waals surface area contributed by atoms with E-state index in [-0.39, 0.29) is 26.0 Å². The molecular formula is C12H21NO9. The number of carboxylic acids is 1. The van der Waals surface area contributed by atoms with Gasteiger partial charge >= 0.3 is 5.97 Å². The lowest BCUT2D eigenvalue weighted by Gasteiger charge is -2.39. The summed E-state index contributed by atoms with van der Waals surface area (Å²) in [6, 6.07) is 0. The Morgan fingerprint density at radius 1 is 1.09 bits per heavy atom. The molecule has 1 fully saturated rings. The molecule has 0 aromatic heterocycles. The number of aliphatic hydroxyl groups excluding tert-OH is 4. The monoisotopic (exact) mass is 323 g/mol. The summed E-state index contributed by atoms with van der Waals surface area (Å²) in [5.41, 5.74) is 0. The number of hydrogen-bond donors (Lipinski definition) is 6. The molecule has 1 aliphatic rings. The van der Waals surface area contributed by atoms with Gasteiger partial charge in [0.1, 0.15) is 24.4 Å². The standard InChI is InChI=1S/C12H21NO9/c14-5-6-9(18)10(19)11(20)12(22-6)21-4-3-13-7(15)1-2-8(16)17/h6,9-12,14,18-20H,1-5H2,(H,13,15)(H,16,17)/t6-,9-,10+,11+,12+/m1/s1. The van der Waals surface area contributed by atoms with Crippen LogP contribution < -0.4 is 5.32 Å². The summed E-state index contributed by atoms with van der Waals surface area (Å²) in [4.78, 5) is 21.5. The van der Waals surface area contributed by atoms with Crippen LogP contribution in [-0.2, 0) is 19.1 Å². The van der Waals surface area contributed by atoms with Gasteiger partial charge in [-0.15, -0.1) is 0 Å². The minimum Gasteiger partial charge on any atom is -0.481 e. The Hall–Kier alpha value is -1.30. The molecule has 0 aromatic carbocycles.